The van der Waals surface area contributed by atoms with Gasteiger partial charge in [-0.15, -0.1) is 0 Å². The fourth-order valence-electron chi connectivity index (χ4n) is 6.42. The second-order valence-corrected chi connectivity index (χ2v) is 12.4. The summed E-state index contributed by atoms with van der Waals surface area (Å²) in [4.78, 5) is 12.2. The van der Waals surface area contributed by atoms with E-state index < -0.39 is 155 Å². The highest BCUT2D eigenvalue weighted by molar-refractivity contribution is 5.73. The molecule has 4 aliphatic heterocycles. The molecule has 21 nitrogen and oxygen atoms in total. The van der Waals surface area contributed by atoms with Gasteiger partial charge in [0.2, 0.25) is 5.91 Å². The molecule has 1 amide bonds. The van der Waals surface area contributed by atoms with Crippen molar-refractivity contribution < 1.29 is 98.9 Å². The van der Waals surface area contributed by atoms with Crippen molar-refractivity contribution in [2.75, 3.05) is 33.5 Å². The molecule has 49 heavy (non-hydrogen) atoms. The minimum absolute atomic E-state index is 0.665. The molecule has 4 fully saturated rings. The van der Waals surface area contributed by atoms with Gasteiger partial charge in [-0.1, -0.05) is 0 Å². The molecule has 286 valence electrons. The Morgan fingerprint density at radius 1 is 0.551 bits per heavy atom. The largest absolute Gasteiger partial charge is 0.394 e. The average Bonchev–Trinajstić information content (AvgIpc) is 3.07. The van der Waals surface area contributed by atoms with Gasteiger partial charge in [-0.25, -0.2) is 0 Å². The third kappa shape index (κ3) is 8.52. The molecular formula is C28H49NO20. The minimum atomic E-state index is -1.94. The van der Waals surface area contributed by atoms with Crippen molar-refractivity contribution >= 4 is 5.91 Å². The van der Waals surface area contributed by atoms with E-state index in [2.05, 4.69) is 5.32 Å². The van der Waals surface area contributed by atoms with E-state index in [4.69, 9.17) is 37.9 Å². The van der Waals surface area contributed by atoms with Crippen molar-refractivity contribution in [2.45, 2.75) is 136 Å². The molecule has 0 aromatic heterocycles. The van der Waals surface area contributed by atoms with Crippen LogP contribution in [0.1, 0.15) is 13.8 Å². The molecule has 21 heteroatoms. The summed E-state index contributed by atoms with van der Waals surface area (Å²) in [5.74, 6) is -0.712. The normalized spacial score (nSPS) is 49.4. The summed E-state index contributed by atoms with van der Waals surface area (Å²) in [5.41, 5.74) is 0. The quantitative estimate of drug-likeness (QED) is 0.0891. The summed E-state index contributed by atoms with van der Waals surface area (Å²) in [6, 6.07) is -1.55. The van der Waals surface area contributed by atoms with Crippen LogP contribution in [0.4, 0.5) is 0 Å². The molecule has 9 unspecified atom stereocenters. The summed E-state index contributed by atoms with van der Waals surface area (Å²) >= 11 is 0. The monoisotopic (exact) mass is 719 g/mol. The fourth-order valence-corrected chi connectivity index (χ4v) is 6.42. The molecule has 4 rings (SSSR count). The standard InChI is InChI=1S/C28H49NO20/c1-8-15(35)19(39)23(12(6-32)43-8)48-28-21(41)25(17(37)11(5-31)45-28)49-26-14(29-9(2)34)18(38)22(13(7-33)46-26)47-27-20(40)24(42-3)16(36)10(4-30)44-27/h8,10-28,30-33,35-41H,4-7H2,1-3H3,(H,29,34)/t8?,10?,11?,12?,13?,14-,15+,16-,17-,18?,19?,20-,21-,22+,23+,24?,25?,26-,27-,28-/m0/s1. The van der Waals surface area contributed by atoms with Crippen LogP contribution in [0.2, 0.25) is 0 Å². The van der Waals surface area contributed by atoms with Crippen LogP contribution in [-0.4, -0.2) is 218 Å². The summed E-state index contributed by atoms with van der Waals surface area (Å²) in [6.07, 6.45) is -29.4. The van der Waals surface area contributed by atoms with Gasteiger partial charge in [-0.2, -0.15) is 0 Å². The Bertz CT molecular complexity index is 1040. The Morgan fingerprint density at radius 3 is 1.47 bits per heavy atom. The van der Waals surface area contributed by atoms with Gasteiger partial charge in [0.1, 0.15) is 97.6 Å². The number of ether oxygens (including phenoxy) is 8. The number of amides is 1. The summed E-state index contributed by atoms with van der Waals surface area (Å²) in [7, 11) is 1.19. The maximum atomic E-state index is 12.2. The SMILES string of the molecule is COC1[C@@H](O)C(CO)O[C@@H](O[C@@H]2C(CO)O[C@@H](OC3[C@@H](O)C(CO)O[C@@H](O[C@@H]4C(CO)OC(C)[C@@H](O)C4O)[C@H]3O)[C@@H](NC(C)=O)C2O)[C@H]1O. The van der Waals surface area contributed by atoms with E-state index in [0.29, 0.717) is 0 Å². The Labute approximate surface area is 280 Å². The van der Waals surface area contributed by atoms with Gasteiger partial charge in [0.25, 0.3) is 0 Å². The molecule has 20 atom stereocenters. The highest BCUT2D eigenvalue weighted by Gasteiger charge is 2.55. The van der Waals surface area contributed by atoms with Crippen LogP contribution in [-0.2, 0) is 42.7 Å². The van der Waals surface area contributed by atoms with E-state index in [-0.39, 0.29) is 0 Å². The van der Waals surface area contributed by atoms with Gasteiger partial charge < -0.3 is 99.4 Å². The molecule has 0 aliphatic carbocycles. The lowest BCUT2D eigenvalue weighted by Crippen LogP contribution is -2.69. The molecule has 0 aromatic rings. The van der Waals surface area contributed by atoms with Crippen LogP contribution in [0.15, 0.2) is 0 Å². The van der Waals surface area contributed by atoms with Gasteiger partial charge in [0.05, 0.1) is 32.5 Å². The number of methoxy groups -OCH3 is 1. The first-order valence-corrected chi connectivity index (χ1v) is 15.8. The number of aliphatic hydroxyl groups excluding tert-OH is 11. The van der Waals surface area contributed by atoms with Crippen LogP contribution in [0.25, 0.3) is 0 Å². The first-order valence-electron chi connectivity index (χ1n) is 15.8. The smallest absolute Gasteiger partial charge is 0.217 e. The zero-order chi connectivity index (χ0) is 36.3. The predicted octanol–water partition coefficient (Wildman–Crippen LogP) is -7.88. The molecule has 12 N–H and O–H groups in total. The van der Waals surface area contributed by atoms with E-state index in [9.17, 15) is 61.0 Å². The molecule has 0 saturated carbocycles. The van der Waals surface area contributed by atoms with Crippen LogP contribution < -0.4 is 5.32 Å². The molecule has 0 aromatic carbocycles. The predicted molar refractivity (Wildman–Crippen MR) is 154 cm³/mol. The number of carbonyl (C=O) groups excluding carboxylic acids is 1. The first-order chi connectivity index (χ1) is 23.2. The highest BCUT2D eigenvalue weighted by atomic mass is 16.8. The Morgan fingerprint density at radius 2 is 0.980 bits per heavy atom. The van der Waals surface area contributed by atoms with Gasteiger partial charge in [0, 0.05) is 14.0 Å². The number of aliphatic hydroxyl groups is 11. The Hall–Kier alpha value is -1.29. The van der Waals surface area contributed by atoms with E-state index in [1.807, 2.05) is 0 Å². The highest BCUT2D eigenvalue weighted by Crippen LogP contribution is 2.34. The third-order valence-electron chi connectivity index (χ3n) is 9.12. The van der Waals surface area contributed by atoms with Crippen LogP contribution >= 0.6 is 0 Å². The van der Waals surface area contributed by atoms with E-state index in [0.717, 1.165) is 6.92 Å². The van der Waals surface area contributed by atoms with E-state index in [1.54, 1.807) is 0 Å². The van der Waals surface area contributed by atoms with Crippen molar-refractivity contribution in [2.24, 2.45) is 0 Å². The molecule has 0 spiro atoms. The molecule has 4 heterocycles. The van der Waals surface area contributed by atoms with Gasteiger partial charge in [-0.3, -0.25) is 4.79 Å². The number of carbonyl (C=O) groups is 1. The van der Waals surface area contributed by atoms with Crippen molar-refractivity contribution in [3.63, 3.8) is 0 Å². The molecule has 4 aliphatic rings. The zero-order valence-electron chi connectivity index (χ0n) is 27.0. The number of hydrogen-bond acceptors (Lipinski definition) is 20. The second-order valence-electron chi connectivity index (χ2n) is 12.4. The Kier molecular flexibility index (Phi) is 14.4. The molecule has 4 saturated heterocycles. The number of rotatable bonds is 12. The van der Waals surface area contributed by atoms with E-state index >= 15 is 0 Å². The fraction of sp³-hybridized carbons (Fsp3) is 0.964. The summed E-state index contributed by atoms with van der Waals surface area (Å²) in [6.45, 7) is -0.513. The summed E-state index contributed by atoms with van der Waals surface area (Å²) in [5, 5.41) is 118. The van der Waals surface area contributed by atoms with Crippen LogP contribution in [0.3, 0.4) is 0 Å². The lowest BCUT2D eigenvalue weighted by molar-refractivity contribution is -0.376. The van der Waals surface area contributed by atoms with Crippen LogP contribution in [0, 0.1) is 0 Å². The van der Waals surface area contributed by atoms with Gasteiger partial charge in [0.15, 0.2) is 18.9 Å². The maximum absolute atomic E-state index is 12.2. The van der Waals surface area contributed by atoms with Crippen LogP contribution in [0.5, 0.6) is 0 Å². The number of hydrogen-bond donors (Lipinski definition) is 12. The minimum Gasteiger partial charge on any atom is -0.394 e. The third-order valence-corrected chi connectivity index (χ3v) is 9.12. The van der Waals surface area contributed by atoms with Gasteiger partial charge >= 0.3 is 0 Å². The lowest BCUT2D eigenvalue weighted by atomic mass is 9.94. The zero-order valence-corrected chi connectivity index (χ0v) is 27.0. The van der Waals surface area contributed by atoms with E-state index in [1.165, 1.54) is 14.0 Å². The average molecular weight is 720 g/mol. The topological polar surface area (TPSA) is 325 Å². The first kappa shape index (κ1) is 40.5. The number of nitrogens with one attached hydrogen (secondary N) is 1. The van der Waals surface area contributed by atoms with Gasteiger partial charge in [-0.05, 0) is 6.92 Å². The van der Waals surface area contributed by atoms with Crippen molar-refractivity contribution in [3.05, 3.63) is 0 Å². The summed E-state index contributed by atoms with van der Waals surface area (Å²) < 4.78 is 44.8. The Balaban J connectivity index is 1.56. The van der Waals surface area contributed by atoms with Crippen molar-refractivity contribution in [1.82, 2.24) is 5.32 Å². The lowest BCUT2D eigenvalue weighted by Gasteiger charge is -2.50. The van der Waals surface area contributed by atoms with Crippen molar-refractivity contribution in [1.29, 1.82) is 0 Å². The second kappa shape index (κ2) is 17.5. The molecule has 0 bridgehead atoms. The maximum Gasteiger partial charge on any atom is 0.217 e. The molecular weight excluding hydrogens is 670 g/mol. The molecule has 0 radical (unpaired) electrons. The van der Waals surface area contributed by atoms with Crippen molar-refractivity contribution in [3.8, 4) is 0 Å².